The predicted octanol–water partition coefficient (Wildman–Crippen LogP) is 2.02. The average Bonchev–Trinajstić information content (AvgIpc) is 3.15. The van der Waals surface area contributed by atoms with Crippen molar-refractivity contribution in [1.29, 1.82) is 5.26 Å². The number of hydrogen-bond acceptors (Lipinski definition) is 5. The molecule has 138 valence electrons. The fraction of sp³-hybridized carbons (Fsp3) is 0.222. The minimum absolute atomic E-state index is 0.126. The van der Waals surface area contributed by atoms with Gasteiger partial charge in [0.15, 0.2) is 0 Å². The van der Waals surface area contributed by atoms with Crippen LogP contribution in [0, 0.1) is 11.3 Å². The minimum Gasteiger partial charge on any atom is -0.324 e. The van der Waals surface area contributed by atoms with E-state index in [0.717, 1.165) is 0 Å². The van der Waals surface area contributed by atoms with Crippen molar-refractivity contribution in [1.82, 2.24) is 9.47 Å². The minimum atomic E-state index is -0.610. The molecule has 1 aromatic carbocycles. The maximum Gasteiger partial charge on any atom is 0.251 e. The molecule has 2 aromatic rings. The molecule has 1 aromatic heterocycles. The van der Waals surface area contributed by atoms with Crippen molar-refractivity contribution >= 4 is 45.2 Å². The Kier molecular flexibility index (Phi) is 5.98. The Hall–Kier alpha value is -2.57. The van der Waals surface area contributed by atoms with E-state index < -0.39 is 6.04 Å². The summed E-state index contributed by atoms with van der Waals surface area (Å²) >= 11 is 4.77. The number of aromatic nitrogens is 1. The van der Waals surface area contributed by atoms with E-state index in [1.165, 1.54) is 27.3 Å². The zero-order chi connectivity index (χ0) is 19.4. The highest BCUT2D eigenvalue weighted by molar-refractivity contribution is 9.10. The molecule has 1 saturated heterocycles. The summed E-state index contributed by atoms with van der Waals surface area (Å²) in [6, 6.07) is 10.9. The topological polar surface area (TPSA) is 95.2 Å². The number of nitrogens with zero attached hydrogens (tertiary/aromatic N) is 3. The Labute approximate surface area is 168 Å². The van der Waals surface area contributed by atoms with E-state index in [1.54, 1.807) is 36.5 Å². The Morgan fingerprint density at radius 1 is 1.26 bits per heavy atom. The highest BCUT2D eigenvalue weighted by atomic mass is 79.9. The maximum atomic E-state index is 12.7. The summed E-state index contributed by atoms with van der Waals surface area (Å²) in [7, 11) is 0. The third-order valence-corrected chi connectivity index (χ3v) is 5.52. The molecule has 9 heteroatoms. The monoisotopic (exact) mass is 446 g/mol. The van der Waals surface area contributed by atoms with Crippen molar-refractivity contribution < 1.29 is 9.59 Å². The molecule has 2 heterocycles. The van der Waals surface area contributed by atoms with Gasteiger partial charge in [0, 0.05) is 28.2 Å². The number of carbonyl (C=O) groups is 2. The average molecular weight is 447 g/mol. The lowest BCUT2D eigenvalue weighted by Gasteiger charge is -2.23. The smallest absolute Gasteiger partial charge is 0.251 e. The highest BCUT2D eigenvalue weighted by Crippen LogP contribution is 2.23. The van der Waals surface area contributed by atoms with Gasteiger partial charge in [-0.05, 0) is 46.3 Å². The Bertz CT molecular complexity index is 968. The van der Waals surface area contributed by atoms with E-state index >= 15 is 0 Å². The molecule has 1 N–H and O–H groups in total. The first-order chi connectivity index (χ1) is 13.0. The van der Waals surface area contributed by atoms with Crippen LogP contribution in [0.2, 0.25) is 0 Å². The van der Waals surface area contributed by atoms with Crippen LogP contribution in [0.1, 0.15) is 5.56 Å². The number of pyridine rings is 1. The second kappa shape index (κ2) is 8.41. The summed E-state index contributed by atoms with van der Waals surface area (Å²) in [6.45, 7) is -0.126. The summed E-state index contributed by atoms with van der Waals surface area (Å²) in [6.07, 6.45) is 1.55. The molecule has 1 fully saturated rings. The normalized spacial score (nSPS) is 16.0. The lowest BCUT2D eigenvalue weighted by atomic mass is 10.2. The van der Waals surface area contributed by atoms with E-state index in [9.17, 15) is 14.4 Å². The molecule has 2 amide bonds. The third kappa shape index (κ3) is 4.59. The molecule has 0 spiro atoms. The molecule has 0 aliphatic carbocycles. The van der Waals surface area contributed by atoms with Gasteiger partial charge in [-0.15, -0.1) is 11.8 Å². The van der Waals surface area contributed by atoms with Crippen molar-refractivity contribution in [2.45, 2.75) is 12.6 Å². The molecule has 0 saturated carbocycles. The van der Waals surface area contributed by atoms with Gasteiger partial charge in [0.2, 0.25) is 11.8 Å². The van der Waals surface area contributed by atoms with Crippen LogP contribution >= 0.6 is 27.7 Å². The molecule has 0 radical (unpaired) electrons. The summed E-state index contributed by atoms with van der Waals surface area (Å²) in [5.41, 5.74) is 0.782. The van der Waals surface area contributed by atoms with Gasteiger partial charge < -0.3 is 14.8 Å². The van der Waals surface area contributed by atoms with Gasteiger partial charge in [-0.2, -0.15) is 5.26 Å². The van der Waals surface area contributed by atoms with Crippen LogP contribution in [0.15, 0.2) is 51.9 Å². The van der Waals surface area contributed by atoms with Crippen LogP contribution in [-0.4, -0.2) is 39.0 Å². The van der Waals surface area contributed by atoms with Gasteiger partial charge in [0.05, 0.1) is 17.5 Å². The van der Waals surface area contributed by atoms with Crippen molar-refractivity contribution in [3.63, 3.8) is 0 Å². The van der Waals surface area contributed by atoms with Crippen LogP contribution in [0.4, 0.5) is 5.69 Å². The van der Waals surface area contributed by atoms with Crippen LogP contribution in [0.25, 0.3) is 0 Å². The van der Waals surface area contributed by atoms with E-state index in [1.807, 2.05) is 6.07 Å². The third-order valence-electron chi connectivity index (χ3n) is 4.04. The number of nitrogens with one attached hydrogen (secondary N) is 1. The van der Waals surface area contributed by atoms with Crippen molar-refractivity contribution in [3.8, 4) is 6.07 Å². The SMILES string of the molecule is N#Cc1ccc(NC(=O)C2CSCN2C(=O)Cn2cc(Br)ccc2=O)cc1. The molecular weight excluding hydrogens is 432 g/mol. The van der Waals surface area contributed by atoms with E-state index in [0.29, 0.717) is 27.4 Å². The van der Waals surface area contributed by atoms with E-state index in [-0.39, 0.29) is 23.9 Å². The van der Waals surface area contributed by atoms with Crippen LogP contribution in [-0.2, 0) is 16.1 Å². The van der Waals surface area contributed by atoms with Gasteiger partial charge in [-0.1, -0.05) is 0 Å². The largest absolute Gasteiger partial charge is 0.324 e. The number of amides is 2. The Morgan fingerprint density at radius 2 is 2.00 bits per heavy atom. The van der Waals surface area contributed by atoms with Crippen LogP contribution in [0.5, 0.6) is 0 Å². The van der Waals surface area contributed by atoms with Crippen LogP contribution in [0.3, 0.4) is 0 Å². The second-order valence-electron chi connectivity index (χ2n) is 5.87. The molecule has 1 aliphatic rings. The summed E-state index contributed by atoms with van der Waals surface area (Å²) < 4.78 is 2.01. The Morgan fingerprint density at radius 3 is 2.70 bits per heavy atom. The van der Waals surface area contributed by atoms with Gasteiger partial charge >= 0.3 is 0 Å². The first kappa shape index (κ1) is 19.2. The standard InChI is InChI=1S/C18H15BrN4O3S/c19-13-3-6-16(24)22(8-13)9-17(25)23-11-27-10-15(23)18(26)21-14-4-1-12(7-20)2-5-14/h1-6,8,15H,9-11H2,(H,21,26). The number of anilines is 1. The number of carbonyl (C=O) groups excluding carboxylic acids is 2. The number of halogens is 1. The Balaban J connectivity index is 1.69. The zero-order valence-electron chi connectivity index (χ0n) is 14.1. The summed E-state index contributed by atoms with van der Waals surface area (Å²) in [5, 5.41) is 11.6. The summed E-state index contributed by atoms with van der Waals surface area (Å²) in [4.78, 5) is 38.6. The number of benzene rings is 1. The molecule has 1 aliphatic heterocycles. The predicted molar refractivity (Wildman–Crippen MR) is 106 cm³/mol. The maximum absolute atomic E-state index is 12.7. The molecule has 7 nitrogen and oxygen atoms in total. The van der Waals surface area contributed by atoms with Gasteiger partial charge in [-0.3, -0.25) is 14.4 Å². The van der Waals surface area contributed by atoms with Gasteiger partial charge in [0.25, 0.3) is 5.56 Å². The molecule has 3 rings (SSSR count). The van der Waals surface area contributed by atoms with Crippen LogP contribution < -0.4 is 10.9 Å². The lowest BCUT2D eigenvalue weighted by Crippen LogP contribution is -2.46. The number of thioether (sulfide) groups is 1. The van der Waals surface area contributed by atoms with Crippen molar-refractivity contribution in [2.24, 2.45) is 0 Å². The molecule has 27 heavy (non-hydrogen) atoms. The zero-order valence-corrected chi connectivity index (χ0v) is 16.5. The molecular formula is C18H15BrN4O3S. The first-order valence-electron chi connectivity index (χ1n) is 8.02. The highest BCUT2D eigenvalue weighted by Gasteiger charge is 2.34. The van der Waals surface area contributed by atoms with E-state index in [2.05, 4.69) is 21.2 Å². The summed E-state index contributed by atoms with van der Waals surface area (Å²) in [5.74, 6) is 0.300. The molecule has 1 atom stereocenters. The van der Waals surface area contributed by atoms with Gasteiger partial charge in [-0.25, -0.2) is 0 Å². The van der Waals surface area contributed by atoms with Gasteiger partial charge in [0.1, 0.15) is 12.6 Å². The lowest BCUT2D eigenvalue weighted by molar-refractivity contribution is -0.136. The number of hydrogen-bond donors (Lipinski definition) is 1. The second-order valence-corrected chi connectivity index (χ2v) is 7.79. The quantitative estimate of drug-likeness (QED) is 0.774. The first-order valence-corrected chi connectivity index (χ1v) is 9.97. The van der Waals surface area contributed by atoms with E-state index in [4.69, 9.17) is 5.26 Å². The molecule has 1 unspecified atom stereocenters. The number of rotatable bonds is 4. The van der Waals surface area contributed by atoms with Crippen molar-refractivity contribution in [3.05, 3.63) is 63.0 Å². The fourth-order valence-electron chi connectivity index (χ4n) is 2.62. The molecule has 0 bridgehead atoms. The van der Waals surface area contributed by atoms with Crippen molar-refractivity contribution in [2.75, 3.05) is 16.9 Å². The fourth-order valence-corrected chi connectivity index (χ4v) is 4.18. The number of nitriles is 1.